The first-order chi connectivity index (χ1) is 21.4. The van der Waals surface area contributed by atoms with E-state index in [0.29, 0.717) is 22.6 Å². The normalized spacial score (nSPS) is 11.7. The number of rotatable bonds is 10. The molecule has 0 aliphatic heterocycles. The maximum atomic E-state index is 13.5. The SMILES string of the molecule is O=C(Nc1ccc(SC(C(=O)Nc2ccccn2)c2ccccc2)cc1)/C(=C/c1ccc(F)cc1)NC(=O)c1ccccc1. The number of benzene rings is 4. The van der Waals surface area contributed by atoms with Crippen LogP contribution in [0.2, 0.25) is 0 Å². The number of aromatic nitrogens is 1. The Morgan fingerprint density at radius 3 is 2.05 bits per heavy atom. The topological polar surface area (TPSA) is 100 Å². The lowest BCUT2D eigenvalue weighted by Crippen LogP contribution is -2.30. The molecule has 1 aromatic heterocycles. The van der Waals surface area contributed by atoms with Crippen LogP contribution >= 0.6 is 11.8 Å². The fourth-order valence-electron chi connectivity index (χ4n) is 4.15. The molecule has 0 fully saturated rings. The lowest BCUT2D eigenvalue weighted by atomic mass is 10.1. The lowest BCUT2D eigenvalue weighted by Gasteiger charge is -2.17. The van der Waals surface area contributed by atoms with Gasteiger partial charge in [0.2, 0.25) is 5.91 Å². The quantitative estimate of drug-likeness (QED) is 0.117. The number of thioether (sulfide) groups is 1. The molecule has 1 heterocycles. The molecule has 4 aromatic carbocycles. The van der Waals surface area contributed by atoms with Crippen molar-refractivity contribution in [1.82, 2.24) is 10.3 Å². The Morgan fingerprint density at radius 1 is 0.727 bits per heavy atom. The molecule has 9 heteroatoms. The van der Waals surface area contributed by atoms with E-state index in [1.54, 1.807) is 79.0 Å². The second-order valence-electron chi connectivity index (χ2n) is 9.52. The third kappa shape index (κ3) is 8.27. The van der Waals surface area contributed by atoms with E-state index in [4.69, 9.17) is 0 Å². The van der Waals surface area contributed by atoms with Gasteiger partial charge in [0.1, 0.15) is 22.6 Å². The Morgan fingerprint density at radius 2 is 1.39 bits per heavy atom. The number of hydrogen-bond donors (Lipinski definition) is 3. The summed E-state index contributed by atoms with van der Waals surface area (Å²) in [6.07, 6.45) is 3.09. The minimum absolute atomic E-state index is 0.0146. The summed E-state index contributed by atoms with van der Waals surface area (Å²) in [5, 5.41) is 7.79. The number of carbonyl (C=O) groups is 3. The van der Waals surface area contributed by atoms with Crippen molar-refractivity contribution in [3.63, 3.8) is 0 Å². The van der Waals surface area contributed by atoms with Crippen LogP contribution in [0.25, 0.3) is 6.08 Å². The highest BCUT2D eigenvalue weighted by molar-refractivity contribution is 8.00. The summed E-state index contributed by atoms with van der Waals surface area (Å²) in [6, 6.07) is 35.8. The van der Waals surface area contributed by atoms with Gasteiger partial charge in [0.05, 0.1) is 0 Å². The molecule has 1 unspecified atom stereocenters. The van der Waals surface area contributed by atoms with E-state index in [1.165, 1.54) is 42.1 Å². The van der Waals surface area contributed by atoms with Crippen LogP contribution in [0.1, 0.15) is 26.7 Å². The summed E-state index contributed by atoms with van der Waals surface area (Å²) in [4.78, 5) is 44.5. The Labute approximate surface area is 258 Å². The zero-order valence-electron chi connectivity index (χ0n) is 23.3. The monoisotopic (exact) mass is 602 g/mol. The van der Waals surface area contributed by atoms with Crippen molar-refractivity contribution in [3.05, 3.63) is 162 Å². The Bertz CT molecular complexity index is 1750. The largest absolute Gasteiger partial charge is 0.321 e. The van der Waals surface area contributed by atoms with Crippen LogP contribution < -0.4 is 16.0 Å². The Balaban J connectivity index is 1.32. The summed E-state index contributed by atoms with van der Waals surface area (Å²) in [7, 11) is 0. The molecule has 1 atom stereocenters. The molecule has 5 aromatic rings. The van der Waals surface area contributed by atoms with Crippen molar-refractivity contribution < 1.29 is 18.8 Å². The number of nitrogens with one attached hydrogen (secondary N) is 3. The fraction of sp³-hybridized carbons (Fsp3) is 0.0286. The van der Waals surface area contributed by atoms with Crippen molar-refractivity contribution in [2.75, 3.05) is 10.6 Å². The van der Waals surface area contributed by atoms with Crippen molar-refractivity contribution >= 4 is 47.1 Å². The maximum Gasteiger partial charge on any atom is 0.272 e. The second-order valence-corrected chi connectivity index (χ2v) is 10.7. The molecule has 0 aliphatic carbocycles. The number of amides is 3. The molecule has 0 aliphatic rings. The van der Waals surface area contributed by atoms with Crippen LogP contribution in [0.4, 0.5) is 15.9 Å². The van der Waals surface area contributed by atoms with E-state index >= 15 is 0 Å². The van der Waals surface area contributed by atoms with Crippen LogP contribution in [0.3, 0.4) is 0 Å². The highest BCUT2D eigenvalue weighted by Crippen LogP contribution is 2.36. The number of nitrogens with zero attached hydrogens (tertiary/aromatic N) is 1. The standard InChI is InChI=1S/C35H27FN4O3S/c36-27-16-14-24(15-17-27)23-30(39-33(41)26-11-5-2-6-12-26)34(42)38-28-18-20-29(21-19-28)44-32(25-9-3-1-4-10-25)35(43)40-31-13-7-8-22-37-31/h1-23,32H,(H,38,42)(H,39,41)(H,37,40,43)/b30-23-. The van der Waals surface area contributed by atoms with E-state index in [0.717, 1.165) is 10.5 Å². The summed E-state index contributed by atoms with van der Waals surface area (Å²) < 4.78 is 13.5. The highest BCUT2D eigenvalue weighted by atomic mass is 32.2. The molecule has 7 nitrogen and oxygen atoms in total. The van der Waals surface area contributed by atoms with Crippen LogP contribution in [0.5, 0.6) is 0 Å². The average molecular weight is 603 g/mol. The van der Waals surface area contributed by atoms with Crippen molar-refractivity contribution in [3.8, 4) is 0 Å². The van der Waals surface area contributed by atoms with Gasteiger partial charge in [-0.25, -0.2) is 9.37 Å². The fourth-order valence-corrected chi connectivity index (χ4v) is 5.17. The van der Waals surface area contributed by atoms with Gasteiger partial charge in [-0.1, -0.05) is 66.7 Å². The summed E-state index contributed by atoms with van der Waals surface area (Å²) in [6.45, 7) is 0. The Hall–Kier alpha value is -5.54. The lowest BCUT2D eigenvalue weighted by molar-refractivity contribution is -0.116. The highest BCUT2D eigenvalue weighted by Gasteiger charge is 2.23. The minimum atomic E-state index is -0.559. The molecular formula is C35H27FN4O3S. The molecule has 0 spiro atoms. The van der Waals surface area contributed by atoms with Gasteiger partial charge >= 0.3 is 0 Å². The van der Waals surface area contributed by atoms with E-state index in [9.17, 15) is 18.8 Å². The minimum Gasteiger partial charge on any atom is -0.321 e. The van der Waals surface area contributed by atoms with Gasteiger partial charge in [0, 0.05) is 22.3 Å². The summed E-state index contributed by atoms with van der Waals surface area (Å²) in [5.41, 5.74) is 2.21. The van der Waals surface area contributed by atoms with E-state index in [2.05, 4.69) is 20.9 Å². The maximum absolute atomic E-state index is 13.5. The number of anilines is 2. The number of carbonyl (C=O) groups excluding carboxylic acids is 3. The second kappa shape index (κ2) is 14.6. The smallest absolute Gasteiger partial charge is 0.272 e. The molecule has 3 amide bonds. The number of halogens is 1. The van der Waals surface area contributed by atoms with Crippen LogP contribution in [0.15, 0.2) is 144 Å². The van der Waals surface area contributed by atoms with Crippen LogP contribution in [0, 0.1) is 5.82 Å². The third-order valence-electron chi connectivity index (χ3n) is 6.33. The van der Waals surface area contributed by atoms with Gasteiger partial charge in [-0.3, -0.25) is 14.4 Å². The van der Waals surface area contributed by atoms with Crippen molar-refractivity contribution in [1.29, 1.82) is 0 Å². The first kappa shape index (κ1) is 29.9. The van der Waals surface area contributed by atoms with Gasteiger partial charge < -0.3 is 16.0 Å². The first-order valence-corrected chi connectivity index (χ1v) is 14.5. The summed E-state index contributed by atoms with van der Waals surface area (Å²) in [5.74, 6) is -1.20. The zero-order valence-corrected chi connectivity index (χ0v) is 24.1. The molecule has 44 heavy (non-hydrogen) atoms. The molecule has 3 N–H and O–H groups in total. The molecule has 0 saturated heterocycles. The summed E-state index contributed by atoms with van der Waals surface area (Å²) >= 11 is 1.36. The zero-order chi connectivity index (χ0) is 30.7. The molecule has 0 radical (unpaired) electrons. The van der Waals surface area contributed by atoms with Gasteiger partial charge in [0.25, 0.3) is 11.8 Å². The van der Waals surface area contributed by atoms with E-state index in [1.807, 2.05) is 30.3 Å². The predicted molar refractivity (Wildman–Crippen MR) is 171 cm³/mol. The average Bonchev–Trinajstić information content (AvgIpc) is 3.06. The predicted octanol–water partition coefficient (Wildman–Crippen LogP) is 7.10. The Kier molecular flexibility index (Phi) is 9.91. The van der Waals surface area contributed by atoms with Crippen molar-refractivity contribution in [2.24, 2.45) is 0 Å². The van der Waals surface area contributed by atoms with E-state index in [-0.39, 0.29) is 11.6 Å². The number of hydrogen-bond acceptors (Lipinski definition) is 5. The van der Waals surface area contributed by atoms with Gasteiger partial charge in [-0.2, -0.15) is 0 Å². The third-order valence-corrected chi connectivity index (χ3v) is 7.60. The van der Waals surface area contributed by atoms with Gasteiger partial charge in [-0.05, 0) is 77.9 Å². The molecule has 0 bridgehead atoms. The molecule has 218 valence electrons. The van der Waals surface area contributed by atoms with Crippen molar-refractivity contribution in [2.45, 2.75) is 10.1 Å². The van der Waals surface area contributed by atoms with Gasteiger partial charge in [-0.15, -0.1) is 11.8 Å². The van der Waals surface area contributed by atoms with E-state index < -0.39 is 22.9 Å². The number of pyridine rings is 1. The molecular weight excluding hydrogens is 575 g/mol. The molecule has 5 rings (SSSR count). The first-order valence-electron chi connectivity index (χ1n) is 13.6. The van der Waals surface area contributed by atoms with Crippen LogP contribution in [-0.2, 0) is 9.59 Å². The van der Waals surface area contributed by atoms with Gasteiger partial charge in [0.15, 0.2) is 0 Å². The molecule has 0 saturated carbocycles. The van der Waals surface area contributed by atoms with Crippen LogP contribution in [-0.4, -0.2) is 22.7 Å².